The zero-order valence-electron chi connectivity index (χ0n) is 24.8. The topological polar surface area (TPSA) is 111 Å². The lowest BCUT2D eigenvalue weighted by Crippen LogP contribution is -2.44. The number of anilines is 2. The molecule has 2 aliphatic rings. The Balaban J connectivity index is 1.68. The summed E-state index contributed by atoms with van der Waals surface area (Å²) in [6, 6.07) is 11.7. The minimum Gasteiger partial charge on any atom is -0.381 e. The molecule has 10 heteroatoms. The number of sulfonamides is 1. The zero-order chi connectivity index (χ0) is 29.6. The maximum atomic E-state index is 13.9. The van der Waals surface area contributed by atoms with E-state index in [0.29, 0.717) is 30.5 Å². The van der Waals surface area contributed by atoms with E-state index >= 15 is 0 Å². The first-order valence-electron chi connectivity index (χ1n) is 14.9. The van der Waals surface area contributed by atoms with Crippen LogP contribution in [0, 0.1) is 27.4 Å². The highest BCUT2D eigenvalue weighted by Crippen LogP contribution is 2.41. The molecular formula is C31H45N3O6S. The third-order valence-electron chi connectivity index (χ3n) is 8.63. The van der Waals surface area contributed by atoms with Crippen molar-refractivity contribution in [1.82, 2.24) is 0 Å². The van der Waals surface area contributed by atoms with Crippen LogP contribution in [-0.4, -0.2) is 52.4 Å². The summed E-state index contributed by atoms with van der Waals surface area (Å²) < 4.78 is 40.5. The van der Waals surface area contributed by atoms with Gasteiger partial charge >= 0.3 is 0 Å². The molecule has 2 saturated heterocycles. The summed E-state index contributed by atoms with van der Waals surface area (Å²) in [7, 11) is -4.05. The molecule has 9 nitrogen and oxygen atoms in total. The summed E-state index contributed by atoms with van der Waals surface area (Å²) in [6.45, 7) is 11.2. The van der Waals surface area contributed by atoms with Gasteiger partial charge in [0.25, 0.3) is 15.7 Å². The van der Waals surface area contributed by atoms with Crippen LogP contribution in [0.4, 0.5) is 17.1 Å². The average molecular weight is 588 g/mol. The van der Waals surface area contributed by atoms with Gasteiger partial charge in [-0.2, -0.15) is 0 Å². The van der Waals surface area contributed by atoms with Crippen LogP contribution in [0.15, 0.2) is 47.4 Å². The molecule has 1 N–H and O–H groups in total. The Labute approximate surface area is 244 Å². The number of nitro groups is 1. The van der Waals surface area contributed by atoms with E-state index in [9.17, 15) is 18.5 Å². The molecule has 2 aliphatic heterocycles. The smallest absolute Gasteiger partial charge is 0.293 e. The predicted molar refractivity (Wildman–Crippen MR) is 162 cm³/mol. The zero-order valence-corrected chi connectivity index (χ0v) is 25.6. The number of rotatable bonds is 12. The van der Waals surface area contributed by atoms with Gasteiger partial charge < -0.3 is 14.8 Å². The van der Waals surface area contributed by atoms with Crippen LogP contribution in [-0.2, 0) is 25.9 Å². The van der Waals surface area contributed by atoms with Crippen LogP contribution in [0.2, 0.25) is 0 Å². The lowest BCUT2D eigenvalue weighted by atomic mass is 9.71. The molecule has 2 fully saturated rings. The van der Waals surface area contributed by atoms with Crippen molar-refractivity contribution in [3.8, 4) is 0 Å². The maximum Gasteiger partial charge on any atom is 0.293 e. The largest absolute Gasteiger partial charge is 0.381 e. The van der Waals surface area contributed by atoms with Gasteiger partial charge in [-0.05, 0) is 85.6 Å². The van der Waals surface area contributed by atoms with Crippen molar-refractivity contribution in [2.75, 3.05) is 42.6 Å². The summed E-state index contributed by atoms with van der Waals surface area (Å²) in [5.41, 5.74) is 1.67. The Morgan fingerprint density at radius 3 is 2.27 bits per heavy atom. The second-order valence-electron chi connectivity index (χ2n) is 12.1. The predicted octanol–water partition coefficient (Wildman–Crippen LogP) is 6.42. The Hall–Kier alpha value is -2.69. The molecule has 0 spiro atoms. The van der Waals surface area contributed by atoms with Gasteiger partial charge in [-0.3, -0.25) is 14.4 Å². The van der Waals surface area contributed by atoms with Crippen molar-refractivity contribution >= 4 is 27.1 Å². The minimum atomic E-state index is -4.05. The Bertz CT molecular complexity index is 1270. The molecule has 4 rings (SSSR count). The van der Waals surface area contributed by atoms with Crippen LogP contribution in [0.25, 0.3) is 0 Å². The molecule has 0 amide bonds. The number of ether oxygens (including phenoxy) is 2. The average Bonchev–Trinajstić information content (AvgIpc) is 2.96. The summed E-state index contributed by atoms with van der Waals surface area (Å²) >= 11 is 0. The van der Waals surface area contributed by atoms with Gasteiger partial charge in [0.1, 0.15) is 5.69 Å². The van der Waals surface area contributed by atoms with E-state index in [-0.39, 0.29) is 34.5 Å². The number of nitrogens with one attached hydrogen (secondary N) is 1. The summed E-state index contributed by atoms with van der Waals surface area (Å²) in [5, 5.41) is 15.9. The number of nitrogens with zero attached hydrogens (tertiary/aromatic N) is 2. The fourth-order valence-corrected chi connectivity index (χ4v) is 7.50. The molecule has 1 unspecified atom stereocenters. The highest BCUT2D eigenvalue weighted by molar-refractivity contribution is 7.92. The van der Waals surface area contributed by atoms with Crippen molar-refractivity contribution in [2.45, 2.75) is 77.2 Å². The third kappa shape index (κ3) is 7.59. The van der Waals surface area contributed by atoms with Gasteiger partial charge in [-0.15, -0.1) is 0 Å². The van der Waals surface area contributed by atoms with Crippen molar-refractivity contribution in [3.05, 3.63) is 58.1 Å². The molecule has 0 radical (unpaired) electrons. The fraction of sp³-hybridized carbons (Fsp3) is 0.613. The first-order chi connectivity index (χ1) is 19.5. The molecule has 0 bridgehead atoms. The number of nitro benzene ring substituents is 1. The van der Waals surface area contributed by atoms with E-state index in [1.54, 1.807) is 18.2 Å². The number of hydrogen-bond donors (Lipinski definition) is 1. The van der Waals surface area contributed by atoms with E-state index in [1.807, 2.05) is 32.9 Å². The summed E-state index contributed by atoms with van der Waals surface area (Å²) in [5.74, 6) is 0.515. The van der Waals surface area contributed by atoms with Crippen molar-refractivity contribution in [2.24, 2.45) is 17.3 Å². The molecule has 2 aromatic rings. The molecule has 0 aromatic heterocycles. The van der Waals surface area contributed by atoms with Gasteiger partial charge in [-0.1, -0.05) is 39.8 Å². The number of hydrogen-bond acceptors (Lipinski definition) is 7. The van der Waals surface area contributed by atoms with Crippen molar-refractivity contribution < 1.29 is 22.8 Å². The first kappa shape index (κ1) is 31.3. The van der Waals surface area contributed by atoms with E-state index in [0.717, 1.165) is 57.3 Å². The molecule has 1 atom stereocenters. The molecule has 2 heterocycles. The molecule has 2 aromatic carbocycles. The summed E-state index contributed by atoms with van der Waals surface area (Å²) in [6.07, 6.45) is 5.36. The second-order valence-corrected chi connectivity index (χ2v) is 14.0. The SMILES string of the molecule is CCc1ccc(N(CC(C)C)S(=O)(=O)c2ccc(NC(CC3CCOCC3)C3(C)CCOCC3)c([N+](=O)[O-])c2)cc1. The van der Waals surface area contributed by atoms with Crippen LogP contribution in [0.3, 0.4) is 0 Å². The van der Waals surface area contributed by atoms with Gasteiger partial charge in [-0.25, -0.2) is 8.42 Å². The fourth-order valence-electron chi connectivity index (χ4n) is 5.85. The molecular weight excluding hydrogens is 542 g/mol. The van der Waals surface area contributed by atoms with Crippen molar-refractivity contribution in [3.63, 3.8) is 0 Å². The molecule has 0 aliphatic carbocycles. The second kappa shape index (κ2) is 13.5. The molecule has 41 heavy (non-hydrogen) atoms. The maximum absolute atomic E-state index is 13.9. The van der Waals surface area contributed by atoms with E-state index < -0.39 is 14.9 Å². The Kier molecular flexibility index (Phi) is 10.3. The Morgan fingerprint density at radius 2 is 1.68 bits per heavy atom. The van der Waals surface area contributed by atoms with Gasteiger partial charge in [0.15, 0.2) is 0 Å². The highest BCUT2D eigenvalue weighted by atomic mass is 32.2. The lowest BCUT2D eigenvalue weighted by Gasteiger charge is -2.43. The third-order valence-corrected chi connectivity index (χ3v) is 10.4. The van der Waals surface area contributed by atoms with Crippen LogP contribution in [0.1, 0.15) is 65.4 Å². The molecule has 226 valence electrons. The quantitative estimate of drug-likeness (QED) is 0.225. The van der Waals surface area contributed by atoms with Crippen molar-refractivity contribution in [1.29, 1.82) is 0 Å². The monoisotopic (exact) mass is 587 g/mol. The minimum absolute atomic E-state index is 0.0230. The number of aryl methyl sites for hydroxylation is 1. The summed E-state index contributed by atoms with van der Waals surface area (Å²) in [4.78, 5) is 11.8. The van der Waals surface area contributed by atoms with Gasteiger partial charge in [0, 0.05) is 45.1 Å². The number of benzene rings is 2. The first-order valence-corrected chi connectivity index (χ1v) is 16.3. The van der Waals surface area contributed by atoms with E-state index in [1.165, 1.54) is 16.4 Å². The molecule has 0 saturated carbocycles. The van der Waals surface area contributed by atoms with Crippen LogP contribution in [0.5, 0.6) is 0 Å². The van der Waals surface area contributed by atoms with Gasteiger partial charge in [0.05, 0.1) is 15.5 Å². The van der Waals surface area contributed by atoms with Crippen LogP contribution < -0.4 is 9.62 Å². The van der Waals surface area contributed by atoms with E-state index in [4.69, 9.17) is 9.47 Å². The standard InChI is InChI=1S/C31H45N3O6S/c1-5-24-6-8-26(9-7-24)33(22-23(2)3)41(37,38)27-10-11-28(29(21-27)34(35)36)32-30(20-25-12-16-39-17-13-25)31(4)14-18-40-19-15-31/h6-11,21,23,25,30,32H,5,12-20,22H2,1-4H3. The Morgan fingerprint density at radius 1 is 1.05 bits per heavy atom. The highest BCUT2D eigenvalue weighted by Gasteiger charge is 2.39. The normalized spacial score (nSPS) is 18.7. The van der Waals surface area contributed by atoms with E-state index in [2.05, 4.69) is 12.2 Å². The van der Waals surface area contributed by atoms with Gasteiger partial charge in [0.2, 0.25) is 0 Å². The van der Waals surface area contributed by atoms with Crippen LogP contribution >= 0.6 is 0 Å². The lowest BCUT2D eigenvalue weighted by molar-refractivity contribution is -0.384.